The van der Waals surface area contributed by atoms with Crippen LogP contribution in [0.2, 0.25) is 0 Å². The zero-order valence-electron chi connectivity index (χ0n) is 10.1. The molecule has 14 heavy (non-hydrogen) atoms. The Bertz CT molecular complexity index is 104. The van der Waals surface area contributed by atoms with Crippen LogP contribution in [-0.2, 0) is 0 Å². The van der Waals surface area contributed by atoms with Crippen molar-refractivity contribution in [3.8, 4) is 0 Å². The Morgan fingerprint density at radius 1 is 0.929 bits per heavy atom. The summed E-state index contributed by atoms with van der Waals surface area (Å²) in [5, 5.41) is 0. The predicted octanol–water partition coefficient (Wildman–Crippen LogP) is 4.69. The van der Waals surface area contributed by atoms with E-state index in [9.17, 15) is 0 Å². The minimum Gasteiger partial charge on any atom is -0.162 e. The average Bonchev–Trinajstić information content (AvgIpc) is 2.22. The molecule has 1 unspecified atom stereocenters. The summed E-state index contributed by atoms with van der Waals surface area (Å²) < 4.78 is 0. The molecule has 2 heteroatoms. The van der Waals surface area contributed by atoms with Gasteiger partial charge in [-0.3, -0.25) is 0 Å². The molecule has 0 aromatic carbocycles. The highest BCUT2D eigenvalue weighted by atomic mass is 32.2. The lowest BCUT2D eigenvalue weighted by Crippen LogP contribution is -2.02. The van der Waals surface area contributed by atoms with Gasteiger partial charge in [0.25, 0.3) is 0 Å². The summed E-state index contributed by atoms with van der Waals surface area (Å²) in [6, 6.07) is 0. The molecule has 0 spiro atoms. The standard InChI is InChI=1S/C12H26S2/c1-4-12(11-14-6-3)9-7-8-10-13-5-2/h12H,4-11H2,1-3H3. The lowest BCUT2D eigenvalue weighted by molar-refractivity contribution is 0.501. The predicted molar refractivity (Wildman–Crippen MR) is 73.6 cm³/mol. The third-order valence-corrected chi connectivity index (χ3v) is 4.59. The van der Waals surface area contributed by atoms with Gasteiger partial charge in [-0.1, -0.05) is 33.6 Å². The lowest BCUT2D eigenvalue weighted by atomic mass is 10.0. The van der Waals surface area contributed by atoms with E-state index in [0.29, 0.717) is 0 Å². The van der Waals surface area contributed by atoms with Crippen LogP contribution in [0.3, 0.4) is 0 Å². The highest BCUT2D eigenvalue weighted by Gasteiger charge is 2.05. The van der Waals surface area contributed by atoms with Crippen molar-refractivity contribution in [2.45, 2.75) is 46.5 Å². The maximum absolute atomic E-state index is 2.33. The van der Waals surface area contributed by atoms with Crippen molar-refractivity contribution < 1.29 is 0 Å². The number of hydrogen-bond donors (Lipinski definition) is 0. The summed E-state index contributed by atoms with van der Waals surface area (Å²) in [6.45, 7) is 6.84. The van der Waals surface area contributed by atoms with Crippen LogP contribution in [0.4, 0.5) is 0 Å². The first-order valence-electron chi connectivity index (χ1n) is 6.00. The molecule has 0 heterocycles. The molecule has 0 amide bonds. The number of hydrogen-bond acceptors (Lipinski definition) is 2. The summed E-state index contributed by atoms with van der Waals surface area (Å²) in [5.41, 5.74) is 0. The topological polar surface area (TPSA) is 0 Å². The van der Waals surface area contributed by atoms with E-state index in [1.165, 1.54) is 48.7 Å². The fourth-order valence-electron chi connectivity index (χ4n) is 1.47. The Balaban J connectivity index is 3.24. The Labute approximate surface area is 99.0 Å². The molecule has 0 aromatic heterocycles. The van der Waals surface area contributed by atoms with E-state index in [-0.39, 0.29) is 0 Å². The molecule has 1 atom stereocenters. The molecule has 0 aliphatic heterocycles. The third-order valence-electron chi connectivity index (χ3n) is 2.49. The Morgan fingerprint density at radius 3 is 2.21 bits per heavy atom. The maximum Gasteiger partial charge on any atom is -0.00393 e. The fraction of sp³-hybridized carbons (Fsp3) is 1.00. The van der Waals surface area contributed by atoms with Crippen LogP contribution in [0.15, 0.2) is 0 Å². The highest BCUT2D eigenvalue weighted by Crippen LogP contribution is 2.19. The van der Waals surface area contributed by atoms with Crippen LogP contribution in [0.1, 0.15) is 46.5 Å². The Kier molecular flexibility index (Phi) is 12.4. The molecule has 0 radical (unpaired) electrons. The minimum atomic E-state index is 0.978. The van der Waals surface area contributed by atoms with Crippen molar-refractivity contribution in [3.05, 3.63) is 0 Å². The second kappa shape index (κ2) is 11.8. The van der Waals surface area contributed by atoms with Gasteiger partial charge < -0.3 is 0 Å². The summed E-state index contributed by atoms with van der Waals surface area (Å²) in [7, 11) is 0. The van der Waals surface area contributed by atoms with Gasteiger partial charge in [0, 0.05) is 0 Å². The molecule has 0 bridgehead atoms. The van der Waals surface area contributed by atoms with Gasteiger partial charge in [-0.05, 0) is 41.8 Å². The molecular formula is C12H26S2. The van der Waals surface area contributed by atoms with E-state index in [4.69, 9.17) is 0 Å². The smallest absolute Gasteiger partial charge is 0.00393 e. The molecule has 0 aliphatic carbocycles. The van der Waals surface area contributed by atoms with Gasteiger partial charge in [0.15, 0.2) is 0 Å². The monoisotopic (exact) mass is 234 g/mol. The summed E-state index contributed by atoms with van der Waals surface area (Å²) in [4.78, 5) is 0. The van der Waals surface area contributed by atoms with Gasteiger partial charge in [0.1, 0.15) is 0 Å². The first-order valence-corrected chi connectivity index (χ1v) is 8.31. The van der Waals surface area contributed by atoms with Gasteiger partial charge in [-0.2, -0.15) is 23.5 Å². The SMILES string of the molecule is CCSCCCCC(CC)CSCC. The number of unbranched alkanes of at least 4 members (excludes halogenated alkanes) is 1. The highest BCUT2D eigenvalue weighted by molar-refractivity contribution is 7.99. The minimum absolute atomic E-state index is 0.978. The van der Waals surface area contributed by atoms with Crippen molar-refractivity contribution in [1.29, 1.82) is 0 Å². The molecule has 86 valence electrons. The van der Waals surface area contributed by atoms with E-state index in [1.54, 1.807) is 0 Å². The van der Waals surface area contributed by atoms with Crippen LogP contribution in [0, 0.1) is 5.92 Å². The van der Waals surface area contributed by atoms with Crippen molar-refractivity contribution in [2.24, 2.45) is 5.92 Å². The van der Waals surface area contributed by atoms with Crippen LogP contribution < -0.4 is 0 Å². The zero-order chi connectivity index (χ0) is 10.6. The lowest BCUT2D eigenvalue weighted by Gasteiger charge is -2.13. The fourth-order valence-corrected chi connectivity index (χ4v) is 3.14. The van der Waals surface area contributed by atoms with Gasteiger partial charge in [-0.25, -0.2) is 0 Å². The van der Waals surface area contributed by atoms with Crippen LogP contribution in [-0.4, -0.2) is 23.0 Å². The van der Waals surface area contributed by atoms with Crippen molar-refractivity contribution in [2.75, 3.05) is 23.0 Å². The molecule has 0 aromatic rings. The molecule has 0 fully saturated rings. The average molecular weight is 234 g/mol. The second-order valence-corrected chi connectivity index (χ2v) is 6.34. The van der Waals surface area contributed by atoms with Gasteiger partial charge >= 0.3 is 0 Å². The van der Waals surface area contributed by atoms with E-state index < -0.39 is 0 Å². The first kappa shape index (κ1) is 14.7. The van der Waals surface area contributed by atoms with Crippen LogP contribution >= 0.6 is 23.5 Å². The number of rotatable bonds is 10. The summed E-state index contributed by atoms with van der Waals surface area (Å²) in [5.74, 6) is 6.29. The summed E-state index contributed by atoms with van der Waals surface area (Å²) in [6.07, 6.45) is 5.68. The normalized spacial score (nSPS) is 13.1. The van der Waals surface area contributed by atoms with Gasteiger partial charge in [0.2, 0.25) is 0 Å². The maximum atomic E-state index is 2.33. The quantitative estimate of drug-likeness (QED) is 0.503. The molecule has 0 nitrogen and oxygen atoms in total. The Morgan fingerprint density at radius 2 is 1.64 bits per heavy atom. The van der Waals surface area contributed by atoms with Gasteiger partial charge in [0.05, 0.1) is 0 Å². The van der Waals surface area contributed by atoms with E-state index in [2.05, 4.69) is 44.3 Å². The van der Waals surface area contributed by atoms with E-state index in [1.807, 2.05) is 0 Å². The van der Waals surface area contributed by atoms with Crippen molar-refractivity contribution in [3.63, 3.8) is 0 Å². The van der Waals surface area contributed by atoms with Crippen LogP contribution in [0.5, 0.6) is 0 Å². The van der Waals surface area contributed by atoms with Crippen molar-refractivity contribution in [1.82, 2.24) is 0 Å². The molecule has 0 N–H and O–H groups in total. The Hall–Kier alpha value is 0.700. The largest absolute Gasteiger partial charge is 0.162 e. The van der Waals surface area contributed by atoms with Gasteiger partial charge in [-0.15, -0.1) is 0 Å². The summed E-state index contributed by atoms with van der Waals surface area (Å²) >= 11 is 4.18. The molecular weight excluding hydrogens is 208 g/mol. The van der Waals surface area contributed by atoms with Crippen molar-refractivity contribution >= 4 is 23.5 Å². The molecule has 0 saturated carbocycles. The van der Waals surface area contributed by atoms with E-state index >= 15 is 0 Å². The first-order chi connectivity index (χ1) is 6.85. The molecule has 0 aliphatic rings. The van der Waals surface area contributed by atoms with Crippen LogP contribution in [0.25, 0.3) is 0 Å². The van der Waals surface area contributed by atoms with E-state index in [0.717, 1.165) is 5.92 Å². The second-order valence-electron chi connectivity index (χ2n) is 3.63. The molecule has 0 saturated heterocycles. The molecule has 0 rings (SSSR count). The number of thioether (sulfide) groups is 2. The third kappa shape index (κ3) is 9.26. The zero-order valence-corrected chi connectivity index (χ0v) is 11.7.